The first kappa shape index (κ1) is 14.8. The first-order chi connectivity index (χ1) is 9.60. The van der Waals surface area contributed by atoms with E-state index < -0.39 is 0 Å². The highest BCUT2D eigenvalue weighted by Gasteiger charge is 2.06. The summed E-state index contributed by atoms with van der Waals surface area (Å²) in [6, 6.07) is 1.91. The molecular weight excluding hydrogens is 322 g/mol. The predicted octanol–water partition coefficient (Wildman–Crippen LogP) is 1.88. The average molecular weight is 340 g/mol. The highest BCUT2D eigenvalue weighted by Crippen LogP contribution is 2.13. The maximum absolute atomic E-state index is 11.8. The smallest absolute Gasteiger partial charge is 0.222 e. The summed E-state index contributed by atoms with van der Waals surface area (Å²) in [6.07, 6.45) is 4.04. The number of aryl methyl sites for hydroxylation is 3. The van der Waals surface area contributed by atoms with E-state index in [2.05, 4.69) is 31.4 Å². The summed E-state index contributed by atoms with van der Waals surface area (Å²) >= 11 is 3.40. The molecular formula is C13H18BrN5O. The molecule has 0 aromatic carbocycles. The molecule has 1 amide bonds. The molecule has 0 saturated heterocycles. The molecule has 0 aliphatic carbocycles. The van der Waals surface area contributed by atoms with Gasteiger partial charge in [-0.3, -0.25) is 14.2 Å². The van der Waals surface area contributed by atoms with E-state index in [1.165, 1.54) is 0 Å². The zero-order valence-corrected chi connectivity index (χ0v) is 13.2. The van der Waals surface area contributed by atoms with Crippen LogP contribution in [0.25, 0.3) is 0 Å². The summed E-state index contributed by atoms with van der Waals surface area (Å²) in [5.74, 6) is 0.0122. The van der Waals surface area contributed by atoms with Gasteiger partial charge < -0.3 is 5.32 Å². The van der Waals surface area contributed by atoms with Gasteiger partial charge in [0, 0.05) is 31.9 Å². The summed E-state index contributed by atoms with van der Waals surface area (Å²) in [4.78, 5) is 11.8. The largest absolute Gasteiger partial charge is 0.350 e. The molecule has 0 saturated carbocycles. The maximum atomic E-state index is 11.8. The Morgan fingerprint density at radius 2 is 2.30 bits per heavy atom. The number of aromatic nitrogens is 4. The summed E-state index contributed by atoms with van der Waals surface area (Å²) in [5, 5.41) is 11.4. The van der Waals surface area contributed by atoms with Crippen LogP contribution < -0.4 is 5.32 Å². The minimum Gasteiger partial charge on any atom is -0.350 e. The third kappa shape index (κ3) is 3.69. The lowest BCUT2D eigenvalue weighted by atomic mass is 10.3. The Hall–Kier alpha value is -1.63. The monoisotopic (exact) mass is 339 g/mol. The molecule has 6 nitrogen and oxygen atoms in total. The molecule has 1 N–H and O–H groups in total. The zero-order valence-electron chi connectivity index (χ0n) is 11.6. The van der Waals surface area contributed by atoms with Crippen LogP contribution in [0.4, 0.5) is 0 Å². The van der Waals surface area contributed by atoms with Gasteiger partial charge in [0.25, 0.3) is 0 Å². The van der Waals surface area contributed by atoms with Gasteiger partial charge in [-0.25, -0.2) is 0 Å². The van der Waals surface area contributed by atoms with Crippen molar-refractivity contribution in [3.05, 3.63) is 34.3 Å². The molecule has 2 aromatic heterocycles. The van der Waals surface area contributed by atoms with Crippen LogP contribution >= 0.6 is 15.9 Å². The second kappa shape index (κ2) is 6.69. The van der Waals surface area contributed by atoms with Gasteiger partial charge in [-0.1, -0.05) is 0 Å². The number of carbonyl (C=O) groups excluding carboxylic acids is 1. The van der Waals surface area contributed by atoms with Crippen LogP contribution in [0.5, 0.6) is 0 Å². The van der Waals surface area contributed by atoms with Gasteiger partial charge in [-0.2, -0.15) is 10.2 Å². The van der Waals surface area contributed by atoms with Gasteiger partial charge in [0.2, 0.25) is 5.91 Å². The topological polar surface area (TPSA) is 64.7 Å². The van der Waals surface area contributed by atoms with E-state index in [0.29, 0.717) is 19.5 Å². The van der Waals surface area contributed by atoms with Crippen LogP contribution in [-0.4, -0.2) is 25.5 Å². The van der Waals surface area contributed by atoms with E-state index in [1.54, 1.807) is 10.9 Å². The number of rotatable bonds is 6. The fourth-order valence-corrected chi connectivity index (χ4v) is 2.21. The number of nitrogens with zero attached hydrogens (tertiary/aromatic N) is 4. The molecule has 7 heteroatoms. The highest BCUT2D eigenvalue weighted by molar-refractivity contribution is 9.10. The third-order valence-corrected chi connectivity index (χ3v) is 3.80. The van der Waals surface area contributed by atoms with Gasteiger partial charge >= 0.3 is 0 Å². The van der Waals surface area contributed by atoms with Gasteiger partial charge in [-0.05, 0) is 35.8 Å². The predicted molar refractivity (Wildman–Crippen MR) is 79.0 cm³/mol. The molecule has 2 rings (SSSR count). The summed E-state index contributed by atoms with van der Waals surface area (Å²) in [5.41, 5.74) is 1.94. The number of nitrogens with one attached hydrogen (secondary N) is 1. The van der Waals surface area contributed by atoms with Crippen LogP contribution in [0.1, 0.15) is 24.7 Å². The van der Waals surface area contributed by atoms with E-state index >= 15 is 0 Å². The van der Waals surface area contributed by atoms with E-state index in [-0.39, 0.29) is 5.91 Å². The second-order valence-corrected chi connectivity index (χ2v) is 5.34. The Morgan fingerprint density at radius 1 is 1.50 bits per heavy atom. The Balaban J connectivity index is 1.78. The second-order valence-electron chi connectivity index (χ2n) is 4.49. The molecule has 0 fully saturated rings. The lowest BCUT2D eigenvalue weighted by molar-refractivity contribution is -0.121. The average Bonchev–Trinajstić information content (AvgIpc) is 3.01. The standard InChI is InChI=1S/C13H18BrN5O/c1-3-19-11(4-6-16-19)8-15-13(20)5-7-18-9-12(14)10(2)17-18/h4,6,9H,3,5,7-8H2,1-2H3,(H,15,20). The molecule has 0 aliphatic heterocycles. The van der Waals surface area contributed by atoms with E-state index in [1.807, 2.05) is 30.8 Å². The quantitative estimate of drug-likeness (QED) is 0.873. The molecule has 2 heterocycles. The molecule has 108 valence electrons. The van der Waals surface area contributed by atoms with Crippen molar-refractivity contribution < 1.29 is 4.79 Å². The van der Waals surface area contributed by atoms with E-state index in [4.69, 9.17) is 0 Å². The number of hydrogen-bond acceptors (Lipinski definition) is 3. The van der Waals surface area contributed by atoms with Crippen molar-refractivity contribution in [2.45, 2.75) is 39.9 Å². The normalized spacial score (nSPS) is 10.8. The molecule has 0 radical (unpaired) electrons. The van der Waals surface area contributed by atoms with E-state index in [9.17, 15) is 4.79 Å². The fourth-order valence-electron chi connectivity index (χ4n) is 1.90. The Bertz CT molecular complexity index is 570. The number of amides is 1. The lowest BCUT2D eigenvalue weighted by Gasteiger charge is -2.07. The summed E-state index contributed by atoms with van der Waals surface area (Å²) < 4.78 is 4.61. The first-order valence-corrected chi connectivity index (χ1v) is 7.36. The van der Waals surface area contributed by atoms with Crippen molar-refractivity contribution in [1.82, 2.24) is 24.9 Å². The molecule has 20 heavy (non-hydrogen) atoms. The SMILES string of the molecule is CCn1nccc1CNC(=O)CCn1cc(Br)c(C)n1. The highest BCUT2D eigenvalue weighted by atomic mass is 79.9. The van der Waals surface area contributed by atoms with Crippen LogP contribution in [0.15, 0.2) is 22.9 Å². The Morgan fingerprint density at radius 3 is 2.95 bits per heavy atom. The van der Waals surface area contributed by atoms with Crippen LogP contribution in [0.2, 0.25) is 0 Å². The van der Waals surface area contributed by atoms with Crippen LogP contribution in [-0.2, 0) is 24.4 Å². The van der Waals surface area contributed by atoms with Gasteiger partial charge in [0.05, 0.1) is 22.4 Å². The zero-order chi connectivity index (χ0) is 14.5. The van der Waals surface area contributed by atoms with Crippen LogP contribution in [0, 0.1) is 6.92 Å². The van der Waals surface area contributed by atoms with Crippen molar-refractivity contribution in [2.24, 2.45) is 0 Å². The summed E-state index contributed by atoms with van der Waals surface area (Å²) in [7, 11) is 0. The molecule has 0 spiro atoms. The lowest BCUT2D eigenvalue weighted by Crippen LogP contribution is -2.25. The minimum atomic E-state index is 0.0122. The molecule has 0 bridgehead atoms. The van der Waals surface area contributed by atoms with Gasteiger partial charge in [0.15, 0.2) is 0 Å². The van der Waals surface area contributed by atoms with Gasteiger partial charge in [0.1, 0.15) is 0 Å². The first-order valence-electron chi connectivity index (χ1n) is 6.57. The fraction of sp³-hybridized carbons (Fsp3) is 0.462. The van der Waals surface area contributed by atoms with Crippen molar-refractivity contribution >= 4 is 21.8 Å². The Kier molecular flexibility index (Phi) is 4.94. The van der Waals surface area contributed by atoms with Gasteiger partial charge in [-0.15, -0.1) is 0 Å². The molecule has 0 unspecified atom stereocenters. The number of hydrogen-bond donors (Lipinski definition) is 1. The van der Waals surface area contributed by atoms with Crippen molar-refractivity contribution in [1.29, 1.82) is 0 Å². The molecule has 0 aliphatic rings. The van der Waals surface area contributed by atoms with Crippen molar-refractivity contribution in [2.75, 3.05) is 0 Å². The van der Waals surface area contributed by atoms with Crippen LogP contribution in [0.3, 0.4) is 0 Å². The third-order valence-electron chi connectivity index (χ3n) is 3.03. The number of carbonyl (C=O) groups is 1. The number of halogens is 1. The maximum Gasteiger partial charge on any atom is 0.222 e. The molecule has 0 atom stereocenters. The van der Waals surface area contributed by atoms with Crippen molar-refractivity contribution in [3.63, 3.8) is 0 Å². The Labute approximate surface area is 126 Å². The minimum absolute atomic E-state index is 0.0122. The molecule has 2 aromatic rings. The van der Waals surface area contributed by atoms with E-state index in [0.717, 1.165) is 22.4 Å². The van der Waals surface area contributed by atoms with Crippen molar-refractivity contribution in [3.8, 4) is 0 Å². The summed E-state index contributed by atoms with van der Waals surface area (Å²) in [6.45, 7) is 5.83.